The van der Waals surface area contributed by atoms with Gasteiger partial charge in [-0.3, -0.25) is 0 Å². The second kappa shape index (κ2) is 6.88. The molecule has 1 aromatic carbocycles. The zero-order valence-electron chi connectivity index (χ0n) is 11.8. The van der Waals surface area contributed by atoms with E-state index >= 15 is 0 Å². The zero-order chi connectivity index (χ0) is 15.0. The summed E-state index contributed by atoms with van der Waals surface area (Å²) in [5, 5.41) is 0. The zero-order valence-corrected chi connectivity index (χ0v) is 11.8. The standard InChI is InChI=1S/C20H12N2/c1-3-14-21-19(8-1)12-10-17-6-5-7-18(16-17)11-13-20-9-2-4-15-22-20/h1-9,14-16H. The molecule has 0 aliphatic carbocycles. The normalized spacial score (nSPS) is 9.09. The molecule has 0 aliphatic heterocycles. The fourth-order valence-electron chi connectivity index (χ4n) is 1.82. The average molecular weight is 280 g/mol. The third-order valence-corrected chi connectivity index (χ3v) is 2.86. The van der Waals surface area contributed by atoms with Crippen molar-refractivity contribution < 1.29 is 0 Å². The third kappa shape index (κ3) is 3.82. The van der Waals surface area contributed by atoms with E-state index in [1.165, 1.54) is 0 Å². The van der Waals surface area contributed by atoms with Gasteiger partial charge in [-0.1, -0.05) is 30.0 Å². The van der Waals surface area contributed by atoms with Gasteiger partial charge in [0, 0.05) is 23.5 Å². The fourth-order valence-corrected chi connectivity index (χ4v) is 1.82. The Morgan fingerprint density at radius 1 is 0.545 bits per heavy atom. The monoisotopic (exact) mass is 280 g/mol. The number of rotatable bonds is 0. The van der Waals surface area contributed by atoms with Gasteiger partial charge >= 0.3 is 0 Å². The van der Waals surface area contributed by atoms with Crippen molar-refractivity contribution in [2.45, 2.75) is 0 Å². The molecular formula is C20H12N2. The molecule has 22 heavy (non-hydrogen) atoms. The molecule has 3 aromatic rings. The SMILES string of the molecule is C(#Cc1ccccn1)c1cccc(C#Cc2ccccn2)c1. The smallest absolute Gasteiger partial charge is 0.113 e. The van der Waals surface area contributed by atoms with Crippen LogP contribution in [0.5, 0.6) is 0 Å². The Hall–Kier alpha value is -3.36. The first-order valence-corrected chi connectivity index (χ1v) is 6.86. The van der Waals surface area contributed by atoms with E-state index in [4.69, 9.17) is 0 Å². The van der Waals surface area contributed by atoms with Gasteiger partial charge in [0.1, 0.15) is 11.4 Å². The minimum Gasteiger partial charge on any atom is -0.248 e. The van der Waals surface area contributed by atoms with Crippen LogP contribution in [0.4, 0.5) is 0 Å². The quantitative estimate of drug-likeness (QED) is 0.591. The van der Waals surface area contributed by atoms with E-state index in [0.717, 1.165) is 22.5 Å². The van der Waals surface area contributed by atoms with E-state index in [0.29, 0.717) is 0 Å². The Bertz CT molecular complexity index is 804. The summed E-state index contributed by atoms with van der Waals surface area (Å²) in [5.41, 5.74) is 3.34. The summed E-state index contributed by atoms with van der Waals surface area (Å²) in [4.78, 5) is 8.36. The third-order valence-electron chi connectivity index (χ3n) is 2.86. The van der Waals surface area contributed by atoms with Crippen molar-refractivity contribution >= 4 is 0 Å². The summed E-state index contributed by atoms with van der Waals surface area (Å²) in [5.74, 6) is 12.3. The Morgan fingerprint density at radius 2 is 1.09 bits per heavy atom. The van der Waals surface area contributed by atoms with Gasteiger partial charge in [0.05, 0.1) is 0 Å². The summed E-state index contributed by atoms with van der Waals surface area (Å²) in [6.45, 7) is 0. The highest BCUT2D eigenvalue weighted by Crippen LogP contribution is 2.03. The molecule has 102 valence electrons. The van der Waals surface area contributed by atoms with Gasteiger partial charge in [-0.15, -0.1) is 0 Å². The summed E-state index contributed by atoms with van der Waals surface area (Å²) in [6.07, 6.45) is 3.47. The van der Waals surface area contributed by atoms with E-state index in [9.17, 15) is 0 Å². The topological polar surface area (TPSA) is 25.8 Å². The van der Waals surface area contributed by atoms with Gasteiger partial charge < -0.3 is 0 Å². The van der Waals surface area contributed by atoms with Crippen LogP contribution in [0.1, 0.15) is 22.5 Å². The van der Waals surface area contributed by atoms with E-state index in [-0.39, 0.29) is 0 Å². The van der Waals surface area contributed by atoms with Gasteiger partial charge in [0.25, 0.3) is 0 Å². The molecule has 0 aliphatic rings. The van der Waals surface area contributed by atoms with Gasteiger partial charge in [-0.05, 0) is 54.3 Å². The Labute approximate surface area is 129 Å². The van der Waals surface area contributed by atoms with E-state index in [1.807, 2.05) is 60.7 Å². The van der Waals surface area contributed by atoms with Crippen LogP contribution in [-0.2, 0) is 0 Å². The molecule has 2 heteroatoms. The largest absolute Gasteiger partial charge is 0.248 e. The lowest BCUT2D eigenvalue weighted by Crippen LogP contribution is -1.82. The van der Waals surface area contributed by atoms with Gasteiger partial charge in [-0.25, -0.2) is 9.97 Å². The van der Waals surface area contributed by atoms with Gasteiger partial charge in [-0.2, -0.15) is 0 Å². The first-order valence-electron chi connectivity index (χ1n) is 6.86. The highest BCUT2D eigenvalue weighted by atomic mass is 14.6. The molecule has 2 heterocycles. The lowest BCUT2D eigenvalue weighted by Gasteiger charge is -1.93. The van der Waals surface area contributed by atoms with Crippen LogP contribution in [0.15, 0.2) is 73.1 Å². The maximum absolute atomic E-state index is 4.18. The number of aromatic nitrogens is 2. The van der Waals surface area contributed by atoms with Crippen LogP contribution in [0, 0.1) is 23.7 Å². The number of benzene rings is 1. The second-order valence-electron chi connectivity index (χ2n) is 4.51. The highest BCUT2D eigenvalue weighted by molar-refractivity contribution is 5.47. The number of hydrogen-bond donors (Lipinski definition) is 0. The molecule has 2 aromatic heterocycles. The lowest BCUT2D eigenvalue weighted by molar-refractivity contribution is 1.29. The maximum Gasteiger partial charge on any atom is 0.113 e. The molecular weight excluding hydrogens is 268 g/mol. The van der Waals surface area contributed by atoms with E-state index in [1.54, 1.807) is 12.4 Å². The summed E-state index contributed by atoms with van der Waals surface area (Å²) in [6, 6.07) is 19.2. The predicted octanol–water partition coefficient (Wildman–Crippen LogP) is 3.28. The molecule has 0 unspecified atom stereocenters. The Kier molecular flexibility index (Phi) is 4.26. The molecule has 0 saturated heterocycles. The summed E-state index contributed by atoms with van der Waals surface area (Å²) >= 11 is 0. The average Bonchev–Trinajstić information content (AvgIpc) is 2.60. The van der Waals surface area contributed by atoms with Crippen molar-refractivity contribution in [1.29, 1.82) is 0 Å². The van der Waals surface area contributed by atoms with Crippen molar-refractivity contribution in [3.05, 3.63) is 95.6 Å². The van der Waals surface area contributed by atoms with Crippen LogP contribution in [0.25, 0.3) is 0 Å². The van der Waals surface area contributed by atoms with Crippen molar-refractivity contribution in [3.63, 3.8) is 0 Å². The van der Waals surface area contributed by atoms with Crippen molar-refractivity contribution in [1.82, 2.24) is 9.97 Å². The predicted molar refractivity (Wildman–Crippen MR) is 86.9 cm³/mol. The first kappa shape index (κ1) is 13.6. The molecule has 3 rings (SSSR count). The van der Waals surface area contributed by atoms with E-state index < -0.39 is 0 Å². The summed E-state index contributed by atoms with van der Waals surface area (Å²) < 4.78 is 0. The van der Waals surface area contributed by atoms with E-state index in [2.05, 4.69) is 33.6 Å². The number of pyridine rings is 2. The highest BCUT2D eigenvalue weighted by Gasteiger charge is 1.91. The lowest BCUT2D eigenvalue weighted by atomic mass is 10.1. The van der Waals surface area contributed by atoms with Crippen LogP contribution >= 0.6 is 0 Å². The van der Waals surface area contributed by atoms with Crippen molar-refractivity contribution in [2.75, 3.05) is 0 Å². The van der Waals surface area contributed by atoms with Crippen LogP contribution in [-0.4, -0.2) is 9.97 Å². The minimum atomic E-state index is 0.757. The van der Waals surface area contributed by atoms with Crippen LogP contribution < -0.4 is 0 Å². The van der Waals surface area contributed by atoms with Gasteiger partial charge in [0.2, 0.25) is 0 Å². The molecule has 0 fully saturated rings. The Balaban J connectivity index is 1.82. The van der Waals surface area contributed by atoms with Crippen molar-refractivity contribution in [2.24, 2.45) is 0 Å². The van der Waals surface area contributed by atoms with Crippen molar-refractivity contribution in [3.8, 4) is 23.7 Å². The Morgan fingerprint density at radius 3 is 1.55 bits per heavy atom. The number of nitrogens with zero attached hydrogens (tertiary/aromatic N) is 2. The van der Waals surface area contributed by atoms with Crippen LogP contribution in [0.2, 0.25) is 0 Å². The molecule has 0 radical (unpaired) electrons. The molecule has 0 spiro atoms. The molecule has 2 nitrogen and oxygen atoms in total. The fraction of sp³-hybridized carbons (Fsp3) is 0. The molecule has 0 amide bonds. The minimum absolute atomic E-state index is 0.757. The summed E-state index contributed by atoms with van der Waals surface area (Å²) in [7, 11) is 0. The molecule has 0 bridgehead atoms. The molecule has 0 saturated carbocycles. The molecule has 0 N–H and O–H groups in total. The maximum atomic E-state index is 4.18. The van der Waals surface area contributed by atoms with Gasteiger partial charge in [0.15, 0.2) is 0 Å². The molecule has 0 atom stereocenters. The second-order valence-corrected chi connectivity index (χ2v) is 4.51. The van der Waals surface area contributed by atoms with Crippen LogP contribution in [0.3, 0.4) is 0 Å². The number of hydrogen-bond acceptors (Lipinski definition) is 2. The first-order chi connectivity index (χ1) is 10.9.